The highest BCUT2D eigenvalue weighted by molar-refractivity contribution is 6.12. The summed E-state index contributed by atoms with van der Waals surface area (Å²) in [7, 11) is 1.59. The molecule has 31 heavy (non-hydrogen) atoms. The first-order chi connectivity index (χ1) is 14.9. The molecule has 2 heterocycles. The van der Waals surface area contributed by atoms with Crippen LogP contribution in [0.15, 0.2) is 48.5 Å². The molecule has 0 bridgehead atoms. The molecule has 7 nitrogen and oxygen atoms in total. The number of fused-ring (bicyclic) bond motifs is 1. The van der Waals surface area contributed by atoms with Crippen LogP contribution in [0.1, 0.15) is 30.1 Å². The molecule has 0 saturated carbocycles. The molecule has 0 aromatic heterocycles. The molecule has 0 aliphatic carbocycles. The molecule has 1 N–H and O–H groups in total. The van der Waals surface area contributed by atoms with E-state index in [1.165, 1.54) is 22.6 Å². The molecule has 4 rings (SSSR count). The van der Waals surface area contributed by atoms with E-state index in [0.29, 0.717) is 16.9 Å². The minimum Gasteiger partial charge on any atom is -0.372 e. The van der Waals surface area contributed by atoms with Gasteiger partial charge in [-0.05, 0) is 55.2 Å². The fourth-order valence-electron chi connectivity index (χ4n) is 4.13. The van der Waals surface area contributed by atoms with Crippen molar-refractivity contribution < 1.29 is 14.4 Å². The number of para-hydroxylation sites is 1. The van der Waals surface area contributed by atoms with Crippen LogP contribution >= 0.6 is 0 Å². The molecule has 2 aromatic carbocycles. The number of nitrogens with zero attached hydrogens (tertiary/aromatic N) is 3. The molecule has 2 aliphatic rings. The van der Waals surface area contributed by atoms with Gasteiger partial charge in [0, 0.05) is 31.5 Å². The largest absolute Gasteiger partial charge is 0.372 e. The third-order valence-corrected chi connectivity index (χ3v) is 6.05. The maximum atomic E-state index is 12.7. The van der Waals surface area contributed by atoms with E-state index < -0.39 is 0 Å². The van der Waals surface area contributed by atoms with Crippen LogP contribution in [0.5, 0.6) is 0 Å². The number of carbonyl (C=O) groups excluding carboxylic acids is 3. The number of rotatable bonds is 4. The van der Waals surface area contributed by atoms with Crippen molar-refractivity contribution in [2.75, 3.05) is 48.3 Å². The first-order valence-corrected chi connectivity index (χ1v) is 10.7. The van der Waals surface area contributed by atoms with Gasteiger partial charge in [0.05, 0.1) is 11.3 Å². The molecule has 0 radical (unpaired) electrons. The van der Waals surface area contributed by atoms with Crippen molar-refractivity contribution in [2.45, 2.75) is 19.8 Å². The Hall–Kier alpha value is -3.35. The van der Waals surface area contributed by atoms with Gasteiger partial charge in [0.1, 0.15) is 13.1 Å². The van der Waals surface area contributed by atoms with Crippen LogP contribution in [0.25, 0.3) is 0 Å². The summed E-state index contributed by atoms with van der Waals surface area (Å²) in [5.74, 6) is -0.0448. The third-order valence-electron chi connectivity index (χ3n) is 6.05. The fourth-order valence-corrected chi connectivity index (χ4v) is 4.13. The maximum Gasteiger partial charge on any atom is 0.256 e. The molecular formula is C24H28N4O3. The second-order valence-electron chi connectivity index (χ2n) is 8.42. The molecule has 2 aliphatic heterocycles. The van der Waals surface area contributed by atoms with Crippen LogP contribution in [-0.4, -0.2) is 55.8 Å². The van der Waals surface area contributed by atoms with E-state index >= 15 is 0 Å². The van der Waals surface area contributed by atoms with E-state index in [-0.39, 0.29) is 30.8 Å². The number of benzene rings is 2. The molecule has 0 atom stereocenters. The van der Waals surface area contributed by atoms with Crippen LogP contribution in [0.3, 0.4) is 0 Å². The Balaban J connectivity index is 1.44. The summed E-state index contributed by atoms with van der Waals surface area (Å²) in [4.78, 5) is 43.1. The normalized spacial score (nSPS) is 17.4. The molecule has 162 valence electrons. The van der Waals surface area contributed by atoms with E-state index in [1.54, 1.807) is 31.3 Å². The topological polar surface area (TPSA) is 73.0 Å². The van der Waals surface area contributed by atoms with E-state index in [2.05, 4.69) is 17.1 Å². The SMILES string of the molecule is CC1CCN(c2ccc(NC(=O)CN3C(=O)CN(C)C(=O)c4ccccc43)cc2)CC1. The van der Waals surface area contributed by atoms with E-state index in [9.17, 15) is 14.4 Å². The summed E-state index contributed by atoms with van der Waals surface area (Å²) in [5.41, 5.74) is 2.72. The van der Waals surface area contributed by atoms with Crippen molar-refractivity contribution in [3.05, 3.63) is 54.1 Å². The lowest BCUT2D eigenvalue weighted by atomic mass is 9.99. The predicted octanol–water partition coefficient (Wildman–Crippen LogP) is 2.98. The van der Waals surface area contributed by atoms with Crippen molar-refractivity contribution >= 4 is 34.8 Å². The molecule has 0 spiro atoms. The summed E-state index contributed by atoms with van der Waals surface area (Å²) in [6, 6.07) is 14.7. The van der Waals surface area contributed by atoms with Crippen LogP contribution < -0.4 is 15.1 Å². The Morgan fingerprint density at radius 1 is 1.03 bits per heavy atom. The molecule has 7 heteroatoms. The lowest BCUT2D eigenvalue weighted by Gasteiger charge is -2.32. The first kappa shape index (κ1) is 20.9. The highest BCUT2D eigenvalue weighted by atomic mass is 16.2. The van der Waals surface area contributed by atoms with Gasteiger partial charge in [0.15, 0.2) is 0 Å². The van der Waals surface area contributed by atoms with Gasteiger partial charge in [-0.25, -0.2) is 0 Å². The Morgan fingerprint density at radius 3 is 2.42 bits per heavy atom. The molecule has 1 fully saturated rings. The van der Waals surface area contributed by atoms with Gasteiger partial charge in [0.2, 0.25) is 11.8 Å². The monoisotopic (exact) mass is 420 g/mol. The van der Waals surface area contributed by atoms with Gasteiger partial charge in [-0.3, -0.25) is 14.4 Å². The Bertz CT molecular complexity index is 981. The zero-order chi connectivity index (χ0) is 22.0. The quantitative estimate of drug-likeness (QED) is 0.825. The second kappa shape index (κ2) is 8.79. The second-order valence-corrected chi connectivity index (χ2v) is 8.42. The summed E-state index contributed by atoms with van der Waals surface area (Å²) in [6.45, 7) is 4.18. The summed E-state index contributed by atoms with van der Waals surface area (Å²) >= 11 is 0. The summed E-state index contributed by atoms with van der Waals surface area (Å²) in [5, 5.41) is 2.87. The highest BCUT2D eigenvalue weighted by Crippen LogP contribution is 2.26. The first-order valence-electron chi connectivity index (χ1n) is 10.7. The van der Waals surface area contributed by atoms with E-state index in [1.807, 2.05) is 24.3 Å². The Labute approximate surface area is 182 Å². The van der Waals surface area contributed by atoms with Gasteiger partial charge in [-0.1, -0.05) is 19.1 Å². The summed E-state index contributed by atoms with van der Waals surface area (Å²) in [6.07, 6.45) is 2.39. The van der Waals surface area contributed by atoms with Crippen LogP contribution in [0.2, 0.25) is 0 Å². The Morgan fingerprint density at radius 2 is 1.71 bits per heavy atom. The average Bonchev–Trinajstić information content (AvgIpc) is 2.85. The van der Waals surface area contributed by atoms with Gasteiger partial charge in [-0.2, -0.15) is 0 Å². The van der Waals surface area contributed by atoms with E-state index in [4.69, 9.17) is 0 Å². The number of anilines is 3. The number of carbonyl (C=O) groups is 3. The standard InChI is InChI=1S/C24H28N4O3/c1-17-11-13-27(14-12-17)19-9-7-18(8-10-19)25-22(29)15-28-21-6-4-3-5-20(21)24(31)26(2)16-23(28)30/h3-10,17H,11-16H2,1-2H3,(H,25,29). The molecule has 3 amide bonds. The minimum absolute atomic E-state index is 0.0655. The van der Waals surface area contributed by atoms with Crippen LogP contribution in [0.4, 0.5) is 17.1 Å². The zero-order valence-corrected chi connectivity index (χ0v) is 18.0. The zero-order valence-electron chi connectivity index (χ0n) is 18.0. The molecule has 1 saturated heterocycles. The molecule has 0 unspecified atom stereocenters. The maximum absolute atomic E-state index is 12.7. The van der Waals surface area contributed by atoms with Crippen molar-refractivity contribution in [3.8, 4) is 0 Å². The lowest BCUT2D eigenvalue weighted by molar-refractivity contribution is -0.121. The fraction of sp³-hybridized carbons (Fsp3) is 0.375. The highest BCUT2D eigenvalue weighted by Gasteiger charge is 2.30. The summed E-state index contributed by atoms with van der Waals surface area (Å²) < 4.78 is 0. The number of hydrogen-bond donors (Lipinski definition) is 1. The van der Waals surface area contributed by atoms with Crippen molar-refractivity contribution in [1.29, 1.82) is 0 Å². The van der Waals surface area contributed by atoms with Crippen LogP contribution in [-0.2, 0) is 9.59 Å². The molecular weight excluding hydrogens is 392 g/mol. The number of piperidine rings is 1. The number of amides is 3. The van der Waals surface area contributed by atoms with Crippen LogP contribution in [0, 0.1) is 5.92 Å². The van der Waals surface area contributed by atoms with Crippen molar-refractivity contribution in [2.24, 2.45) is 5.92 Å². The number of likely N-dealkylation sites (N-methyl/N-ethyl adjacent to an activating group) is 1. The Kier molecular flexibility index (Phi) is 5.93. The third kappa shape index (κ3) is 4.55. The lowest BCUT2D eigenvalue weighted by Crippen LogP contribution is -2.41. The van der Waals surface area contributed by atoms with Crippen molar-refractivity contribution in [3.63, 3.8) is 0 Å². The van der Waals surface area contributed by atoms with Gasteiger partial charge < -0.3 is 20.0 Å². The number of hydrogen-bond acceptors (Lipinski definition) is 4. The van der Waals surface area contributed by atoms with Gasteiger partial charge in [0.25, 0.3) is 5.91 Å². The minimum atomic E-state index is -0.306. The number of nitrogens with one attached hydrogen (secondary N) is 1. The predicted molar refractivity (Wildman–Crippen MR) is 121 cm³/mol. The smallest absolute Gasteiger partial charge is 0.256 e. The van der Waals surface area contributed by atoms with E-state index in [0.717, 1.165) is 24.7 Å². The average molecular weight is 421 g/mol. The molecule has 2 aromatic rings. The van der Waals surface area contributed by atoms with Crippen molar-refractivity contribution in [1.82, 2.24) is 4.90 Å². The van der Waals surface area contributed by atoms with Gasteiger partial charge >= 0.3 is 0 Å². The van der Waals surface area contributed by atoms with Gasteiger partial charge in [-0.15, -0.1) is 0 Å².